The highest BCUT2D eigenvalue weighted by atomic mass is 32.2. The lowest BCUT2D eigenvalue weighted by atomic mass is 10.2. The van der Waals surface area contributed by atoms with E-state index in [4.69, 9.17) is 10.5 Å². The number of anilines is 1. The standard InChI is InChI=1S/C10H11NOS2/c1-12-9-7(11)5-8(13-2)6-3-4-14-10(6)9/h3-5H,11H2,1-2H3. The summed E-state index contributed by atoms with van der Waals surface area (Å²) in [4.78, 5) is 1.21. The number of rotatable bonds is 2. The molecule has 0 saturated carbocycles. The van der Waals surface area contributed by atoms with Gasteiger partial charge in [0.2, 0.25) is 0 Å². The first-order chi connectivity index (χ1) is 6.77. The van der Waals surface area contributed by atoms with Crippen LogP contribution in [0.15, 0.2) is 22.4 Å². The van der Waals surface area contributed by atoms with Crippen molar-refractivity contribution in [2.45, 2.75) is 4.90 Å². The molecule has 0 amide bonds. The number of benzene rings is 1. The fraction of sp³-hybridized carbons (Fsp3) is 0.200. The molecule has 1 heterocycles. The second kappa shape index (κ2) is 3.71. The molecular weight excluding hydrogens is 214 g/mol. The zero-order valence-corrected chi connectivity index (χ0v) is 9.67. The minimum absolute atomic E-state index is 0.715. The van der Waals surface area contributed by atoms with Crippen molar-refractivity contribution < 1.29 is 4.74 Å². The van der Waals surface area contributed by atoms with Crippen molar-refractivity contribution >= 4 is 38.9 Å². The SMILES string of the molecule is COc1c(N)cc(SC)c2ccsc12. The third-order valence-corrected chi connectivity index (χ3v) is 3.80. The Balaban J connectivity index is 2.81. The summed E-state index contributed by atoms with van der Waals surface area (Å²) in [6.45, 7) is 0. The van der Waals surface area contributed by atoms with Gasteiger partial charge in [-0.2, -0.15) is 0 Å². The number of thiophene rings is 1. The average Bonchev–Trinajstić information content (AvgIpc) is 2.65. The van der Waals surface area contributed by atoms with Crippen LogP contribution in [0.2, 0.25) is 0 Å². The van der Waals surface area contributed by atoms with Crippen LogP contribution in [0.25, 0.3) is 10.1 Å². The zero-order chi connectivity index (χ0) is 10.1. The molecule has 0 saturated heterocycles. The summed E-state index contributed by atoms with van der Waals surface area (Å²) in [5.74, 6) is 0.799. The van der Waals surface area contributed by atoms with Gasteiger partial charge in [-0.25, -0.2) is 0 Å². The predicted molar refractivity (Wildman–Crippen MR) is 64.6 cm³/mol. The second-order valence-corrected chi connectivity index (χ2v) is 4.63. The Bertz CT molecular complexity index is 464. The Kier molecular flexibility index (Phi) is 2.56. The topological polar surface area (TPSA) is 35.2 Å². The van der Waals surface area contributed by atoms with Gasteiger partial charge in [-0.1, -0.05) is 0 Å². The number of nitrogen functional groups attached to an aromatic ring is 1. The molecule has 0 aliphatic rings. The van der Waals surface area contributed by atoms with Crippen LogP contribution in [0.1, 0.15) is 0 Å². The molecule has 2 rings (SSSR count). The lowest BCUT2D eigenvalue weighted by Crippen LogP contribution is -1.92. The van der Waals surface area contributed by atoms with Crippen molar-refractivity contribution in [1.82, 2.24) is 0 Å². The maximum Gasteiger partial charge on any atom is 0.159 e. The molecule has 2 N–H and O–H groups in total. The number of methoxy groups -OCH3 is 1. The van der Waals surface area contributed by atoms with E-state index < -0.39 is 0 Å². The van der Waals surface area contributed by atoms with Crippen molar-refractivity contribution in [2.24, 2.45) is 0 Å². The summed E-state index contributed by atoms with van der Waals surface area (Å²) in [5.41, 5.74) is 6.62. The van der Waals surface area contributed by atoms with Gasteiger partial charge in [0.05, 0.1) is 17.5 Å². The minimum Gasteiger partial charge on any atom is -0.493 e. The second-order valence-electron chi connectivity index (χ2n) is 2.86. The molecule has 2 nitrogen and oxygen atoms in total. The van der Waals surface area contributed by atoms with Crippen LogP contribution in [0.4, 0.5) is 5.69 Å². The maximum atomic E-state index is 5.90. The molecule has 0 aliphatic heterocycles. The monoisotopic (exact) mass is 225 g/mol. The Labute approximate surface area is 91.1 Å². The average molecular weight is 225 g/mol. The fourth-order valence-corrected chi connectivity index (χ4v) is 3.13. The number of nitrogens with two attached hydrogens (primary N) is 1. The van der Waals surface area contributed by atoms with Crippen molar-refractivity contribution in [2.75, 3.05) is 19.1 Å². The van der Waals surface area contributed by atoms with Crippen molar-refractivity contribution in [3.63, 3.8) is 0 Å². The van der Waals surface area contributed by atoms with Crippen LogP contribution in [0.3, 0.4) is 0 Å². The van der Waals surface area contributed by atoms with E-state index in [9.17, 15) is 0 Å². The van der Waals surface area contributed by atoms with E-state index in [1.54, 1.807) is 30.2 Å². The van der Waals surface area contributed by atoms with E-state index in [1.807, 2.05) is 6.07 Å². The van der Waals surface area contributed by atoms with Gasteiger partial charge in [0.1, 0.15) is 0 Å². The largest absolute Gasteiger partial charge is 0.493 e. The van der Waals surface area contributed by atoms with Crippen LogP contribution in [-0.4, -0.2) is 13.4 Å². The highest BCUT2D eigenvalue weighted by Crippen LogP contribution is 2.40. The molecular formula is C10H11NOS2. The van der Waals surface area contributed by atoms with Crippen LogP contribution in [0, 0.1) is 0 Å². The van der Waals surface area contributed by atoms with Crippen LogP contribution < -0.4 is 10.5 Å². The van der Waals surface area contributed by atoms with Crippen LogP contribution >= 0.6 is 23.1 Å². The van der Waals surface area contributed by atoms with Gasteiger partial charge in [-0.15, -0.1) is 23.1 Å². The summed E-state index contributed by atoms with van der Waals surface area (Å²) < 4.78 is 6.43. The van der Waals surface area contributed by atoms with Gasteiger partial charge in [0.15, 0.2) is 5.75 Å². The summed E-state index contributed by atoms with van der Waals surface area (Å²) in [6, 6.07) is 4.08. The molecule has 2 aromatic rings. The Morgan fingerprint density at radius 2 is 2.29 bits per heavy atom. The molecule has 0 atom stereocenters. The van der Waals surface area contributed by atoms with Crippen LogP contribution in [-0.2, 0) is 0 Å². The van der Waals surface area contributed by atoms with Crippen LogP contribution in [0.5, 0.6) is 5.75 Å². The molecule has 1 aromatic heterocycles. The number of ether oxygens (including phenoxy) is 1. The van der Waals surface area contributed by atoms with Crippen molar-refractivity contribution in [3.05, 3.63) is 17.5 Å². The quantitative estimate of drug-likeness (QED) is 0.629. The number of hydrogen-bond acceptors (Lipinski definition) is 4. The first-order valence-corrected chi connectivity index (χ1v) is 6.26. The molecule has 1 aromatic carbocycles. The van der Waals surface area contributed by atoms with E-state index in [0.717, 1.165) is 10.4 Å². The van der Waals surface area contributed by atoms with Gasteiger partial charge in [0, 0.05) is 10.3 Å². The first-order valence-electron chi connectivity index (χ1n) is 4.15. The van der Waals surface area contributed by atoms with Gasteiger partial charge in [-0.3, -0.25) is 0 Å². The number of thioether (sulfide) groups is 1. The summed E-state index contributed by atoms with van der Waals surface area (Å²) in [6.07, 6.45) is 2.05. The normalized spacial score (nSPS) is 10.7. The molecule has 0 aliphatic carbocycles. The predicted octanol–water partition coefficient (Wildman–Crippen LogP) is 3.21. The zero-order valence-electron chi connectivity index (χ0n) is 8.03. The van der Waals surface area contributed by atoms with E-state index in [-0.39, 0.29) is 0 Å². The highest BCUT2D eigenvalue weighted by Gasteiger charge is 2.11. The lowest BCUT2D eigenvalue weighted by molar-refractivity contribution is 0.422. The lowest BCUT2D eigenvalue weighted by Gasteiger charge is -2.08. The third kappa shape index (κ3) is 1.35. The molecule has 0 bridgehead atoms. The van der Waals surface area contributed by atoms with E-state index in [2.05, 4.69) is 17.7 Å². The Morgan fingerprint density at radius 1 is 1.50 bits per heavy atom. The van der Waals surface area contributed by atoms with E-state index >= 15 is 0 Å². The van der Waals surface area contributed by atoms with E-state index in [1.165, 1.54) is 10.3 Å². The molecule has 74 valence electrons. The molecule has 0 radical (unpaired) electrons. The Morgan fingerprint density at radius 3 is 2.93 bits per heavy atom. The van der Waals surface area contributed by atoms with E-state index in [0.29, 0.717) is 5.69 Å². The molecule has 0 fully saturated rings. The molecule has 0 spiro atoms. The minimum atomic E-state index is 0.715. The summed E-state index contributed by atoms with van der Waals surface area (Å²) in [7, 11) is 1.66. The van der Waals surface area contributed by atoms with Gasteiger partial charge in [0.25, 0.3) is 0 Å². The molecule has 14 heavy (non-hydrogen) atoms. The summed E-state index contributed by atoms with van der Waals surface area (Å²) >= 11 is 3.37. The first kappa shape index (κ1) is 9.68. The number of hydrogen-bond donors (Lipinski definition) is 1. The fourth-order valence-electron chi connectivity index (χ4n) is 1.47. The maximum absolute atomic E-state index is 5.90. The highest BCUT2D eigenvalue weighted by molar-refractivity contribution is 7.98. The number of fused-ring (bicyclic) bond motifs is 1. The van der Waals surface area contributed by atoms with Gasteiger partial charge < -0.3 is 10.5 Å². The van der Waals surface area contributed by atoms with Gasteiger partial charge >= 0.3 is 0 Å². The summed E-state index contributed by atoms with van der Waals surface area (Å²) in [5, 5.41) is 3.29. The molecule has 4 heteroatoms. The van der Waals surface area contributed by atoms with Crippen molar-refractivity contribution in [3.8, 4) is 5.75 Å². The van der Waals surface area contributed by atoms with Crippen molar-refractivity contribution in [1.29, 1.82) is 0 Å². The molecule has 0 unspecified atom stereocenters. The third-order valence-electron chi connectivity index (χ3n) is 2.11. The smallest absolute Gasteiger partial charge is 0.159 e. The van der Waals surface area contributed by atoms with Gasteiger partial charge in [-0.05, 0) is 23.8 Å². The Hall–Kier alpha value is -0.870.